The summed E-state index contributed by atoms with van der Waals surface area (Å²) in [5.74, 6) is -0.100. The number of nitrogens with zero attached hydrogens (tertiary/aromatic N) is 1. The average molecular weight is 273 g/mol. The Hall–Kier alpha value is -1.51. The summed E-state index contributed by atoms with van der Waals surface area (Å²) in [6.07, 6.45) is 0.374. The van der Waals surface area contributed by atoms with Crippen LogP contribution in [0.25, 0.3) is 0 Å². The van der Waals surface area contributed by atoms with Crippen molar-refractivity contribution in [3.05, 3.63) is 39.9 Å². The molecule has 1 aromatic carbocycles. The van der Waals surface area contributed by atoms with Gasteiger partial charge in [-0.2, -0.15) is 0 Å². The number of benzene rings is 1. The van der Waals surface area contributed by atoms with Crippen LogP contribution in [0.3, 0.4) is 0 Å². The van der Waals surface area contributed by atoms with Gasteiger partial charge in [-0.15, -0.1) is 0 Å². The standard InChI is InChI=1S/C10H15N3O4S/c11-18(16,17)7-3-6-12-8-9-4-1-2-5-10(9)13(14)15/h1-2,4-5,12H,3,6-8H2,(H2,11,16,17). The van der Waals surface area contributed by atoms with Crippen molar-refractivity contribution in [1.29, 1.82) is 0 Å². The van der Waals surface area contributed by atoms with E-state index in [-0.39, 0.29) is 11.4 Å². The van der Waals surface area contributed by atoms with Crippen molar-refractivity contribution >= 4 is 15.7 Å². The number of primary sulfonamides is 1. The maximum atomic E-state index is 10.7. The second kappa shape index (κ2) is 6.43. The van der Waals surface area contributed by atoms with E-state index in [1.165, 1.54) is 6.07 Å². The number of nitro benzene ring substituents is 1. The van der Waals surface area contributed by atoms with Crippen molar-refractivity contribution in [1.82, 2.24) is 5.32 Å². The SMILES string of the molecule is NS(=O)(=O)CCCNCc1ccccc1[N+](=O)[O-]. The number of hydrogen-bond acceptors (Lipinski definition) is 5. The van der Waals surface area contributed by atoms with Crippen LogP contribution in [-0.4, -0.2) is 25.6 Å². The van der Waals surface area contributed by atoms with Crippen LogP contribution in [0.15, 0.2) is 24.3 Å². The molecule has 0 fully saturated rings. The van der Waals surface area contributed by atoms with E-state index in [0.29, 0.717) is 25.1 Å². The second-order valence-corrected chi connectivity index (χ2v) is 5.52. The van der Waals surface area contributed by atoms with E-state index in [1.54, 1.807) is 18.2 Å². The number of hydrogen-bond donors (Lipinski definition) is 2. The highest BCUT2D eigenvalue weighted by atomic mass is 32.2. The first-order chi connectivity index (χ1) is 8.40. The van der Waals surface area contributed by atoms with Crippen LogP contribution in [0.2, 0.25) is 0 Å². The molecule has 0 saturated carbocycles. The maximum absolute atomic E-state index is 10.7. The Morgan fingerprint density at radius 1 is 1.33 bits per heavy atom. The fourth-order valence-electron chi connectivity index (χ4n) is 1.46. The summed E-state index contributed by atoms with van der Waals surface area (Å²) in [6, 6.07) is 6.41. The van der Waals surface area contributed by atoms with Gasteiger partial charge in [-0.3, -0.25) is 10.1 Å². The Kier molecular flexibility index (Phi) is 5.20. The molecule has 0 amide bonds. The van der Waals surface area contributed by atoms with E-state index in [9.17, 15) is 18.5 Å². The summed E-state index contributed by atoms with van der Waals surface area (Å²) in [5, 5.41) is 18.5. The molecule has 7 nitrogen and oxygen atoms in total. The van der Waals surface area contributed by atoms with Crippen molar-refractivity contribution in [3.63, 3.8) is 0 Å². The molecular weight excluding hydrogens is 258 g/mol. The Labute approximate surface area is 105 Å². The Bertz CT molecular complexity index is 516. The summed E-state index contributed by atoms with van der Waals surface area (Å²) in [7, 11) is -3.44. The molecule has 0 heterocycles. The molecule has 0 saturated heterocycles. The largest absolute Gasteiger partial charge is 0.312 e. The lowest BCUT2D eigenvalue weighted by molar-refractivity contribution is -0.385. The van der Waals surface area contributed by atoms with Gasteiger partial charge in [-0.25, -0.2) is 13.6 Å². The molecule has 18 heavy (non-hydrogen) atoms. The molecule has 1 rings (SSSR count). The summed E-state index contributed by atoms with van der Waals surface area (Å²) in [4.78, 5) is 10.3. The molecule has 8 heteroatoms. The van der Waals surface area contributed by atoms with E-state index < -0.39 is 14.9 Å². The number of rotatable bonds is 7. The van der Waals surface area contributed by atoms with Gasteiger partial charge in [0.25, 0.3) is 5.69 Å². The number of nitro groups is 1. The van der Waals surface area contributed by atoms with Crippen molar-refractivity contribution < 1.29 is 13.3 Å². The molecular formula is C10H15N3O4S. The van der Waals surface area contributed by atoms with Gasteiger partial charge in [0.15, 0.2) is 0 Å². The van der Waals surface area contributed by atoms with Crippen molar-refractivity contribution in [3.8, 4) is 0 Å². The minimum Gasteiger partial charge on any atom is -0.312 e. The van der Waals surface area contributed by atoms with E-state index in [2.05, 4.69) is 5.32 Å². The van der Waals surface area contributed by atoms with Gasteiger partial charge >= 0.3 is 0 Å². The molecule has 1 aromatic rings. The number of nitrogens with one attached hydrogen (secondary N) is 1. The van der Waals surface area contributed by atoms with Gasteiger partial charge in [0.1, 0.15) is 0 Å². The lowest BCUT2D eigenvalue weighted by atomic mass is 10.2. The number of sulfonamides is 1. The summed E-state index contributed by atoms with van der Waals surface area (Å²) >= 11 is 0. The molecule has 0 aliphatic heterocycles. The quantitative estimate of drug-likeness (QED) is 0.423. The van der Waals surface area contributed by atoms with Crippen LogP contribution in [0.5, 0.6) is 0 Å². The molecule has 0 aliphatic carbocycles. The fourth-order valence-corrected chi connectivity index (χ4v) is 2.01. The van der Waals surface area contributed by atoms with Crippen LogP contribution in [0.4, 0.5) is 5.69 Å². The van der Waals surface area contributed by atoms with Crippen LogP contribution < -0.4 is 10.5 Å². The topological polar surface area (TPSA) is 115 Å². The predicted octanol–water partition coefficient (Wildman–Crippen LogP) is 0.363. The Morgan fingerprint density at radius 2 is 2.00 bits per heavy atom. The molecule has 0 unspecified atom stereocenters. The van der Waals surface area contributed by atoms with E-state index in [4.69, 9.17) is 5.14 Å². The Balaban J connectivity index is 2.42. The molecule has 100 valence electrons. The van der Waals surface area contributed by atoms with Crippen LogP contribution in [-0.2, 0) is 16.6 Å². The molecule has 0 spiro atoms. The van der Waals surface area contributed by atoms with E-state index in [1.807, 2.05) is 0 Å². The van der Waals surface area contributed by atoms with Gasteiger partial charge in [0.05, 0.1) is 10.7 Å². The average Bonchev–Trinajstić information content (AvgIpc) is 2.27. The van der Waals surface area contributed by atoms with Gasteiger partial charge < -0.3 is 5.32 Å². The second-order valence-electron chi connectivity index (χ2n) is 3.78. The lowest BCUT2D eigenvalue weighted by Crippen LogP contribution is -2.22. The maximum Gasteiger partial charge on any atom is 0.273 e. The highest BCUT2D eigenvalue weighted by Gasteiger charge is 2.11. The third-order valence-electron chi connectivity index (χ3n) is 2.29. The highest BCUT2D eigenvalue weighted by molar-refractivity contribution is 7.89. The number of nitrogens with two attached hydrogens (primary N) is 1. The van der Waals surface area contributed by atoms with E-state index >= 15 is 0 Å². The third-order valence-corrected chi connectivity index (χ3v) is 3.14. The van der Waals surface area contributed by atoms with E-state index in [0.717, 1.165) is 0 Å². The first kappa shape index (κ1) is 14.6. The first-order valence-corrected chi connectivity index (χ1v) is 7.05. The normalized spacial score (nSPS) is 11.4. The number of para-hydroxylation sites is 1. The monoisotopic (exact) mass is 273 g/mol. The van der Waals surface area contributed by atoms with Crippen LogP contribution >= 0.6 is 0 Å². The van der Waals surface area contributed by atoms with Crippen LogP contribution in [0.1, 0.15) is 12.0 Å². The smallest absolute Gasteiger partial charge is 0.273 e. The molecule has 0 bridgehead atoms. The molecule has 0 atom stereocenters. The van der Waals surface area contributed by atoms with Gasteiger partial charge in [-0.05, 0) is 13.0 Å². The van der Waals surface area contributed by atoms with Gasteiger partial charge in [-0.1, -0.05) is 18.2 Å². The minimum absolute atomic E-state index is 0.0523. The zero-order valence-electron chi connectivity index (χ0n) is 9.70. The lowest BCUT2D eigenvalue weighted by Gasteiger charge is -2.05. The zero-order valence-corrected chi connectivity index (χ0v) is 10.5. The minimum atomic E-state index is -3.44. The van der Waals surface area contributed by atoms with Crippen molar-refractivity contribution in [2.45, 2.75) is 13.0 Å². The van der Waals surface area contributed by atoms with Crippen LogP contribution in [0, 0.1) is 10.1 Å². The molecule has 0 aromatic heterocycles. The van der Waals surface area contributed by atoms with Gasteiger partial charge in [0.2, 0.25) is 10.0 Å². The first-order valence-electron chi connectivity index (χ1n) is 5.33. The summed E-state index contributed by atoms with van der Waals surface area (Å²) in [5.41, 5.74) is 0.620. The Morgan fingerprint density at radius 3 is 2.61 bits per heavy atom. The fraction of sp³-hybridized carbons (Fsp3) is 0.400. The molecule has 0 aliphatic rings. The summed E-state index contributed by atoms with van der Waals surface area (Å²) in [6.45, 7) is 0.754. The predicted molar refractivity (Wildman–Crippen MR) is 67.4 cm³/mol. The molecule has 3 N–H and O–H groups in total. The summed E-state index contributed by atoms with van der Waals surface area (Å²) < 4.78 is 21.3. The van der Waals surface area contributed by atoms with Crippen molar-refractivity contribution in [2.24, 2.45) is 5.14 Å². The van der Waals surface area contributed by atoms with Crippen molar-refractivity contribution in [2.75, 3.05) is 12.3 Å². The third kappa shape index (κ3) is 5.21. The zero-order chi connectivity index (χ0) is 13.6. The highest BCUT2D eigenvalue weighted by Crippen LogP contribution is 2.16. The molecule has 0 radical (unpaired) electrons. The van der Waals surface area contributed by atoms with Gasteiger partial charge in [0, 0.05) is 18.2 Å².